The second-order valence-electron chi connectivity index (χ2n) is 7.94. The van der Waals surface area contributed by atoms with Crippen LogP contribution >= 0.6 is 11.6 Å². The van der Waals surface area contributed by atoms with Gasteiger partial charge in [0.1, 0.15) is 17.3 Å². The van der Waals surface area contributed by atoms with Crippen LogP contribution in [0.25, 0.3) is 0 Å². The molecule has 8 nitrogen and oxygen atoms in total. The summed E-state index contributed by atoms with van der Waals surface area (Å²) >= 11 is 5.82. The molecule has 2 aromatic heterocycles. The lowest BCUT2D eigenvalue weighted by molar-refractivity contribution is 0.102. The summed E-state index contributed by atoms with van der Waals surface area (Å²) in [5.74, 6) is 1.75. The van der Waals surface area contributed by atoms with Gasteiger partial charge < -0.3 is 20.4 Å². The molecule has 0 spiro atoms. The number of furan rings is 1. The number of pyridine rings is 1. The Morgan fingerprint density at radius 1 is 1.12 bits per heavy atom. The molecule has 1 aromatic carbocycles. The van der Waals surface area contributed by atoms with Crippen LogP contribution in [0.1, 0.15) is 40.8 Å². The minimum atomic E-state index is -0.348. The molecule has 4 rings (SSSR count). The Hall–Kier alpha value is -3.36. The molecule has 3 N–H and O–H groups in total. The zero-order valence-electron chi connectivity index (χ0n) is 18.3. The molecule has 33 heavy (non-hydrogen) atoms. The number of carbonyl (C=O) groups excluding carboxylic acids is 2. The average molecular weight is 468 g/mol. The van der Waals surface area contributed by atoms with Crippen LogP contribution in [0.3, 0.4) is 0 Å². The molecule has 172 valence electrons. The summed E-state index contributed by atoms with van der Waals surface area (Å²) in [7, 11) is 0. The van der Waals surface area contributed by atoms with E-state index in [9.17, 15) is 9.59 Å². The highest BCUT2D eigenvalue weighted by atomic mass is 35.5. The van der Waals surface area contributed by atoms with Crippen molar-refractivity contribution in [3.05, 3.63) is 76.8 Å². The number of anilines is 2. The van der Waals surface area contributed by atoms with E-state index in [0.29, 0.717) is 28.6 Å². The number of aromatic nitrogens is 1. The number of halogens is 1. The van der Waals surface area contributed by atoms with Crippen LogP contribution < -0.4 is 16.0 Å². The van der Waals surface area contributed by atoms with Crippen molar-refractivity contribution in [2.45, 2.75) is 25.8 Å². The third-order valence-electron chi connectivity index (χ3n) is 5.48. The van der Waals surface area contributed by atoms with Gasteiger partial charge >= 0.3 is 6.03 Å². The highest BCUT2D eigenvalue weighted by Gasteiger charge is 2.26. The van der Waals surface area contributed by atoms with Crippen LogP contribution in [0, 0.1) is 6.92 Å². The van der Waals surface area contributed by atoms with Gasteiger partial charge in [-0.15, -0.1) is 0 Å². The molecule has 0 radical (unpaired) electrons. The quantitative estimate of drug-likeness (QED) is 0.461. The number of carbonyl (C=O) groups is 2. The van der Waals surface area contributed by atoms with Crippen molar-refractivity contribution in [1.29, 1.82) is 0 Å². The molecule has 1 atom stereocenters. The first-order valence-corrected chi connectivity index (χ1v) is 11.2. The van der Waals surface area contributed by atoms with Gasteiger partial charge in [0.05, 0.1) is 11.1 Å². The minimum Gasteiger partial charge on any atom is -0.465 e. The molecular weight excluding hydrogens is 442 g/mol. The molecule has 0 saturated carbocycles. The summed E-state index contributed by atoms with van der Waals surface area (Å²) in [6.07, 6.45) is 3.74. The van der Waals surface area contributed by atoms with Crippen LogP contribution in [-0.2, 0) is 0 Å². The summed E-state index contributed by atoms with van der Waals surface area (Å²) in [4.78, 5) is 31.5. The summed E-state index contributed by atoms with van der Waals surface area (Å²) in [5.41, 5.74) is 0.904. The van der Waals surface area contributed by atoms with Crippen LogP contribution in [0.15, 0.2) is 59.1 Å². The highest BCUT2D eigenvalue weighted by Crippen LogP contribution is 2.26. The topological polar surface area (TPSA) is 99.5 Å². The average Bonchev–Trinajstić information content (AvgIpc) is 3.48. The van der Waals surface area contributed by atoms with Gasteiger partial charge in [0, 0.05) is 24.0 Å². The van der Waals surface area contributed by atoms with E-state index in [0.717, 1.165) is 37.5 Å². The summed E-state index contributed by atoms with van der Waals surface area (Å²) in [6.45, 7) is 4.29. The van der Waals surface area contributed by atoms with Gasteiger partial charge in [-0.3, -0.25) is 9.69 Å². The lowest BCUT2D eigenvalue weighted by Gasteiger charge is -2.26. The number of nitrogens with zero attached hydrogens (tertiary/aromatic N) is 2. The summed E-state index contributed by atoms with van der Waals surface area (Å²) < 4.78 is 5.84. The second kappa shape index (κ2) is 10.5. The fraction of sp³-hybridized carbons (Fsp3) is 0.292. The third-order valence-corrected chi connectivity index (χ3v) is 5.70. The van der Waals surface area contributed by atoms with E-state index in [-0.39, 0.29) is 18.0 Å². The Morgan fingerprint density at radius 3 is 2.64 bits per heavy atom. The molecule has 0 aliphatic carbocycles. The van der Waals surface area contributed by atoms with Crippen molar-refractivity contribution in [2.24, 2.45) is 0 Å². The molecule has 9 heteroatoms. The number of urea groups is 1. The normalized spacial score (nSPS) is 14.6. The Bertz CT molecular complexity index is 1110. The van der Waals surface area contributed by atoms with Gasteiger partial charge in [-0.2, -0.15) is 0 Å². The molecule has 1 aliphatic rings. The zero-order chi connectivity index (χ0) is 23.2. The van der Waals surface area contributed by atoms with Crippen molar-refractivity contribution in [3.8, 4) is 0 Å². The zero-order valence-corrected chi connectivity index (χ0v) is 19.1. The molecule has 3 amide bonds. The van der Waals surface area contributed by atoms with Gasteiger partial charge in [0.2, 0.25) is 0 Å². The highest BCUT2D eigenvalue weighted by molar-refractivity contribution is 6.30. The van der Waals surface area contributed by atoms with Crippen LogP contribution in [0.4, 0.5) is 16.3 Å². The predicted molar refractivity (Wildman–Crippen MR) is 128 cm³/mol. The first-order chi connectivity index (χ1) is 16.0. The third kappa shape index (κ3) is 6.12. The standard InChI is InChI=1S/C24H26ClN5O3/c1-16-7-9-21(33-16)20(30-11-2-3-12-30)15-27-24(32)28-19-6-4-5-17(13-19)23(31)29-22-10-8-18(25)14-26-22/h4-10,13-14,20H,2-3,11-12,15H2,1H3,(H,26,29,31)(H2,27,28,32). The maximum atomic E-state index is 12.6. The number of benzene rings is 1. The van der Waals surface area contributed by atoms with E-state index in [4.69, 9.17) is 16.0 Å². The first-order valence-electron chi connectivity index (χ1n) is 10.9. The lowest BCUT2D eigenvalue weighted by atomic mass is 10.2. The van der Waals surface area contributed by atoms with Crippen molar-refractivity contribution in [3.63, 3.8) is 0 Å². The fourth-order valence-electron chi connectivity index (χ4n) is 3.84. The molecule has 1 fully saturated rings. The number of hydrogen-bond acceptors (Lipinski definition) is 5. The summed E-state index contributed by atoms with van der Waals surface area (Å²) in [5, 5.41) is 8.92. The Balaban J connectivity index is 1.35. The van der Waals surface area contributed by atoms with Gasteiger partial charge in [0.15, 0.2) is 0 Å². The molecule has 3 heterocycles. The molecule has 1 aliphatic heterocycles. The molecule has 1 unspecified atom stereocenters. The molecular formula is C24H26ClN5O3. The first kappa shape index (κ1) is 22.8. The van der Waals surface area contributed by atoms with E-state index in [2.05, 4.69) is 25.8 Å². The smallest absolute Gasteiger partial charge is 0.319 e. The van der Waals surface area contributed by atoms with Gasteiger partial charge in [-0.25, -0.2) is 9.78 Å². The Morgan fingerprint density at radius 2 is 1.94 bits per heavy atom. The SMILES string of the molecule is Cc1ccc(C(CNC(=O)Nc2cccc(C(=O)Nc3ccc(Cl)cn3)c2)N2CCCC2)o1. The largest absolute Gasteiger partial charge is 0.465 e. The van der Waals surface area contributed by atoms with E-state index in [1.807, 2.05) is 19.1 Å². The molecule has 3 aromatic rings. The second-order valence-corrected chi connectivity index (χ2v) is 8.38. The van der Waals surface area contributed by atoms with E-state index in [1.54, 1.807) is 36.4 Å². The minimum absolute atomic E-state index is 0.0177. The Kier molecular flexibility index (Phi) is 7.26. The van der Waals surface area contributed by atoms with E-state index in [1.165, 1.54) is 6.20 Å². The number of rotatable bonds is 7. The molecule has 1 saturated heterocycles. The Labute approximate surface area is 197 Å². The lowest BCUT2D eigenvalue weighted by Crippen LogP contribution is -2.38. The number of aryl methyl sites for hydroxylation is 1. The maximum absolute atomic E-state index is 12.6. The van der Waals surface area contributed by atoms with Crippen molar-refractivity contribution in [2.75, 3.05) is 30.3 Å². The van der Waals surface area contributed by atoms with E-state index >= 15 is 0 Å². The monoisotopic (exact) mass is 467 g/mol. The number of hydrogen-bond donors (Lipinski definition) is 3. The van der Waals surface area contributed by atoms with Crippen molar-refractivity contribution < 1.29 is 14.0 Å². The van der Waals surface area contributed by atoms with Crippen LogP contribution in [-0.4, -0.2) is 41.5 Å². The van der Waals surface area contributed by atoms with Crippen molar-refractivity contribution in [1.82, 2.24) is 15.2 Å². The maximum Gasteiger partial charge on any atom is 0.319 e. The number of likely N-dealkylation sites (tertiary alicyclic amines) is 1. The fourth-order valence-corrected chi connectivity index (χ4v) is 3.95. The van der Waals surface area contributed by atoms with Gasteiger partial charge in [-0.05, 0) is 75.3 Å². The van der Waals surface area contributed by atoms with Crippen molar-refractivity contribution >= 4 is 35.0 Å². The van der Waals surface area contributed by atoms with Gasteiger partial charge in [-0.1, -0.05) is 17.7 Å². The van der Waals surface area contributed by atoms with Crippen LogP contribution in [0.5, 0.6) is 0 Å². The van der Waals surface area contributed by atoms with Gasteiger partial charge in [0.25, 0.3) is 5.91 Å². The molecule has 0 bridgehead atoms. The van der Waals surface area contributed by atoms with E-state index < -0.39 is 0 Å². The predicted octanol–water partition coefficient (Wildman–Crippen LogP) is 4.85. The summed E-state index contributed by atoms with van der Waals surface area (Å²) in [6, 6.07) is 13.5. The van der Waals surface area contributed by atoms with Crippen LogP contribution in [0.2, 0.25) is 5.02 Å². The number of amides is 3. The number of nitrogens with one attached hydrogen (secondary N) is 3.